The van der Waals surface area contributed by atoms with Crippen LogP contribution in [-0.4, -0.2) is 9.97 Å². The molecule has 0 aliphatic carbocycles. The largest absolute Gasteiger partial charge is 0.346 e. The fourth-order valence-corrected chi connectivity index (χ4v) is 3.02. The van der Waals surface area contributed by atoms with Gasteiger partial charge in [0.1, 0.15) is 10.5 Å². The fourth-order valence-electron chi connectivity index (χ4n) is 1.82. The van der Waals surface area contributed by atoms with Crippen molar-refractivity contribution in [1.82, 2.24) is 9.97 Å². The molecule has 0 amide bonds. The lowest BCUT2D eigenvalue weighted by Gasteiger charge is -2.07. The van der Waals surface area contributed by atoms with Crippen LogP contribution in [-0.2, 0) is 12.2 Å². The minimum Gasteiger partial charge on any atom is -0.346 e. The first-order valence-corrected chi connectivity index (χ1v) is 7.36. The number of rotatable bonds is 4. The van der Waals surface area contributed by atoms with Crippen LogP contribution >= 0.6 is 24.0 Å². The van der Waals surface area contributed by atoms with Gasteiger partial charge in [-0.25, -0.2) is 4.98 Å². The summed E-state index contributed by atoms with van der Waals surface area (Å²) < 4.78 is 0.734. The van der Waals surface area contributed by atoms with Gasteiger partial charge in [0.25, 0.3) is 0 Å². The summed E-state index contributed by atoms with van der Waals surface area (Å²) in [6, 6.07) is 10.3. The number of aromatic amines is 1. The van der Waals surface area contributed by atoms with Gasteiger partial charge in [-0.1, -0.05) is 37.3 Å². The molecule has 2 aromatic rings. The average molecular weight is 276 g/mol. The summed E-state index contributed by atoms with van der Waals surface area (Å²) in [6.45, 7) is 4.17. The van der Waals surface area contributed by atoms with Crippen LogP contribution in [0.4, 0.5) is 0 Å². The molecule has 1 heterocycles. The summed E-state index contributed by atoms with van der Waals surface area (Å²) in [6.07, 6.45) is 0.931. The monoisotopic (exact) mass is 276 g/mol. The maximum absolute atomic E-state index is 5.32. The predicted octanol–water partition coefficient (Wildman–Crippen LogP) is 4.30. The van der Waals surface area contributed by atoms with Gasteiger partial charge >= 0.3 is 0 Å². The zero-order valence-electron chi connectivity index (χ0n) is 10.6. The first-order chi connectivity index (χ1) is 8.70. The maximum atomic E-state index is 5.32. The first-order valence-electron chi connectivity index (χ1n) is 5.97. The van der Waals surface area contributed by atoms with Crippen LogP contribution in [0.3, 0.4) is 0 Å². The van der Waals surface area contributed by atoms with Crippen LogP contribution in [0.25, 0.3) is 0 Å². The van der Waals surface area contributed by atoms with Gasteiger partial charge in [-0.05, 0) is 25.5 Å². The molecule has 0 aliphatic rings. The molecule has 0 unspecified atom stereocenters. The molecule has 0 aliphatic heterocycles. The third kappa shape index (κ3) is 3.21. The number of aromatic nitrogens is 2. The fraction of sp³-hybridized carbons (Fsp3) is 0.286. The molecule has 0 radical (unpaired) electrons. The SMILES string of the molecule is CCc1c(C)[nH]c(CSc2ccccc2)nc1=S. The van der Waals surface area contributed by atoms with Crippen LogP contribution < -0.4 is 0 Å². The van der Waals surface area contributed by atoms with E-state index in [0.717, 1.165) is 33.9 Å². The van der Waals surface area contributed by atoms with Crippen LogP contribution in [0.2, 0.25) is 0 Å². The molecule has 4 heteroatoms. The van der Waals surface area contributed by atoms with Crippen molar-refractivity contribution in [1.29, 1.82) is 0 Å². The molecule has 1 aromatic carbocycles. The van der Waals surface area contributed by atoms with Crippen molar-refractivity contribution in [3.05, 3.63) is 52.1 Å². The Morgan fingerprint density at radius 3 is 2.61 bits per heavy atom. The summed E-state index contributed by atoms with van der Waals surface area (Å²) in [5.74, 6) is 1.77. The molecule has 94 valence electrons. The van der Waals surface area contributed by atoms with Gasteiger partial charge in [-0.15, -0.1) is 11.8 Å². The quantitative estimate of drug-likeness (QED) is 0.666. The van der Waals surface area contributed by atoms with Gasteiger partial charge in [0.15, 0.2) is 0 Å². The summed E-state index contributed by atoms with van der Waals surface area (Å²) in [4.78, 5) is 9.04. The Kier molecular flexibility index (Phi) is 4.55. The van der Waals surface area contributed by atoms with Crippen LogP contribution in [0.5, 0.6) is 0 Å². The van der Waals surface area contributed by atoms with Gasteiger partial charge in [0.05, 0.1) is 5.75 Å². The number of thioether (sulfide) groups is 1. The Balaban J connectivity index is 2.14. The Labute approximate surface area is 117 Å². The Morgan fingerprint density at radius 1 is 1.28 bits per heavy atom. The molecule has 1 aromatic heterocycles. The molecule has 0 atom stereocenters. The van der Waals surface area contributed by atoms with E-state index in [2.05, 4.69) is 35.9 Å². The Morgan fingerprint density at radius 2 is 2.00 bits per heavy atom. The highest BCUT2D eigenvalue weighted by Gasteiger charge is 2.04. The molecule has 2 rings (SSSR count). The summed E-state index contributed by atoms with van der Waals surface area (Å²) >= 11 is 7.08. The second-order valence-corrected chi connectivity index (χ2v) is 5.48. The van der Waals surface area contributed by atoms with E-state index in [0.29, 0.717) is 0 Å². The minimum absolute atomic E-state index is 0.734. The van der Waals surface area contributed by atoms with Gasteiger partial charge in [0, 0.05) is 16.2 Å². The predicted molar refractivity (Wildman–Crippen MR) is 79.5 cm³/mol. The zero-order chi connectivity index (χ0) is 13.0. The number of H-pyrrole nitrogens is 1. The third-order valence-electron chi connectivity index (χ3n) is 2.75. The highest BCUT2D eigenvalue weighted by atomic mass is 32.2. The van der Waals surface area contributed by atoms with E-state index in [-0.39, 0.29) is 0 Å². The van der Waals surface area contributed by atoms with Crippen molar-refractivity contribution in [2.24, 2.45) is 0 Å². The Hall–Kier alpha value is -1.13. The number of nitrogens with zero attached hydrogens (tertiary/aromatic N) is 1. The topological polar surface area (TPSA) is 28.7 Å². The van der Waals surface area contributed by atoms with Gasteiger partial charge in [0.2, 0.25) is 0 Å². The Bertz CT molecular complexity index is 576. The standard InChI is InChI=1S/C14H16N2S2/c1-3-12-10(2)15-13(16-14(12)17)9-18-11-7-5-4-6-8-11/h4-8H,3,9H2,1-2H3,(H,15,16,17). The number of hydrogen-bond donors (Lipinski definition) is 1. The molecule has 2 nitrogen and oxygen atoms in total. The lowest BCUT2D eigenvalue weighted by molar-refractivity contribution is 0.927. The van der Waals surface area contributed by atoms with Crippen molar-refractivity contribution >= 4 is 24.0 Å². The first kappa shape index (κ1) is 13.3. The van der Waals surface area contributed by atoms with E-state index in [4.69, 9.17) is 12.2 Å². The summed E-state index contributed by atoms with van der Waals surface area (Å²) in [5, 5.41) is 0. The minimum atomic E-state index is 0.734. The van der Waals surface area contributed by atoms with E-state index in [1.54, 1.807) is 11.8 Å². The van der Waals surface area contributed by atoms with E-state index in [1.165, 1.54) is 4.90 Å². The molecule has 0 bridgehead atoms. The molecular formula is C14H16N2S2. The molecule has 18 heavy (non-hydrogen) atoms. The van der Waals surface area contributed by atoms with Gasteiger partial charge in [-0.3, -0.25) is 0 Å². The highest BCUT2D eigenvalue weighted by molar-refractivity contribution is 7.98. The summed E-state index contributed by atoms with van der Waals surface area (Å²) in [7, 11) is 0. The molecule has 0 saturated carbocycles. The molecule has 0 spiro atoms. The normalized spacial score (nSPS) is 10.6. The van der Waals surface area contributed by atoms with E-state index in [9.17, 15) is 0 Å². The summed E-state index contributed by atoms with van der Waals surface area (Å²) in [5.41, 5.74) is 2.29. The maximum Gasteiger partial charge on any atom is 0.133 e. The second kappa shape index (κ2) is 6.16. The molecule has 1 N–H and O–H groups in total. The van der Waals surface area contributed by atoms with Crippen molar-refractivity contribution in [2.45, 2.75) is 30.9 Å². The van der Waals surface area contributed by atoms with E-state index in [1.807, 2.05) is 18.2 Å². The number of hydrogen-bond acceptors (Lipinski definition) is 3. The highest BCUT2D eigenvalue weighted by Crippen LogP contribution is 2.21. The van der Waals surface area contributed by atoms with Crippen molar-refractivity contribution in [3.8, 4) is 0 Å². The second-order valence-electron chi connectivity index (χ2n) is 4.05. The van der Waals surface area contributed by atoms with Crippen molar-refractivity contribution in [2.75, 3.05) is 0 Å². The third-order valence-corrected chi connectivity index (χ3v) is 4.11. The van der Waals surface area contributed by atoms with Gasteiger partial charge < -0.3 is 4.98 Å². The number of benzene rings is 1. The van der Waals surface area contributed by atoms with E-state index >= 15 is 0 Å². The smallest absolute Gasteiger partial charge is 0.133 e. The zero-order valence-corrected chi connectivity index (χ0v) is 12.2. The van der Waals surface area contributed by atoms with Crippen molar-refractivity contribution in [3.63, 3.8) is 0 Å². The lowest BCUT2D eigenvalue weighted by Crippen LogP contribution is -2.01. The average Bonchev–Trinajstić information content (AvgIpc) is 2.37. The van der Waals surface area contributed by atoms with Crippen LogP contribution in [0.1, 0.15) is 24.0 Å². The lowest BCUT2D eigenvalue weighted by atomic mass is 10.2. The van der Waals surface area contributed by atoms with Crippen molar-refractivity contribution < 1.29 is 0 Å². The number of nitrogens with one attached hydrogen (secondary N) is 1. The van der Waals surface area contributed by atoms with Gasteiger partial charge in [-0.2, -0.15) is 0 Å². The molecule has 0 saturated heterocycles. The number of aryl methyl sites for hydroxylation is 1. The van der Waals surface area contributed by atoms with Crippen LogP contribution in [0, 0.1) is 11.6 Å². The van der Waals surface area contributed by atoms with E-state index < -0.39 is 0 Å². The molecule has 0 fully saturated rings. The molecular weight excluding hydrogens is 260 g/mol. The van der Waals surface area contributed by atoms with Crippen LogP contribution in [0.15, 0.2) is 35.2 Å².